The van der Waals surface area contributed by atoms with E-state index in [1.807, 2.05) is 6.92 Å². The Morgan fingerprint density at radius 3 is 2.50 bits per heavy atom. The molecule has 0 saturated carbocycles. The van der Waals surface area contributed by atoms with Gasteiger partial charge in [0.15, 0.2) is 5.82 Å². The van der Waals surface area contributed by atoms with Gasteiger partial charge in [0.05, 0.1) is 6.54 Å². The molecule has 1 rings (SSSR count). The third-order valence-corrected chi connectivity index (χ3v) is 2.28. The molecule has 0 aliphatic rings. The van der Waals surface area contributed by atoms with Crippen LogP contribution < -0.4 is 0 Å². The van der Waals surface area contributed by atoms with Gasteiger partial charge in [0.1, 0.15) is 0 Å². The van der Waals surface area contributed by atoms with E-state index in [1.165, 1.54) is 0 Å². The predicted molar refractivity (Wildman–Crippen MR) is 55.0 cm³/mol. The molecule has 0 aliphatic heterocycles. The molecule has 0 aliphatic carbocycles. The second-order valence-corrected chi connectivity index (χ2v) is 3.31. The van der Waals surface area contributed by atoms with Crippen LogP contribution >= 0.6 is 0 Å². The topological polar surface area (TPSA) is 46.8 Å². The van der Waals surface area contributed by atoms with Crippen LogP contribution in [0.4, 0.5) is 0 Å². The summed E-state index contributed by atoms with van der Waals surface area (Å²) in [5.74, 6) is 0.743. The maximum absolute atomic E-state index is 4.14. The van der Waals surface area contributed by atoms with Crippen molar-refractivity contribution in [2.45, 2.75) is 33.7 Å². The van der Waals surface area contributed by atoms with Gasteiger partial charge in [-0.15, -0.1) is 10.2 Å². The number of aromatic nitrogens is 4. The van der Waals surface area contributed by atoms with Crippen LogP contribution in [-0.4, -0.2) is 44.7 Å². The zero-order valence-corrected chi connectivity index (χ0v) is 9.27. The van der Waals surface area contributed by atoms with E-state index >= 15 is 0 Å². The first-order valence-corrected chi connectivity index (χ1v) is 5.23. The second kappa shape index (κ2) is 5.70. The molecule has 0 aromatic carbocycles. The molecule has 80 valence electrons. The van der Waals surface area contributed by atoms with Gasteiger partial charge in [-0.05, 0) is 38.2 Å². The Kier molecular flexibility index (Phi) is 4.52. The van der Waals surface area contributed by atoms with E-state index in [2.05, 4.69) is 34.2 Å². The SMILES string of the molecule is CCN(CC)CCCn1nnc(C)n1. The average Bonchev–Trinajstić information content (AvgIpc) is 2.59. The standard InChI is InChI=1S/C9H19N5/c1-4-13(5-2)7-6-8-14-11-9(3)10-12-14/h4-8H2,1-3H3. The Hall–Kier alpha value is -0.970. The summed E-state index contributed by atoms with van der Waals surface area (Å²) in [6.45, 7) is 10.4. The van der Waals surface area contributed by atoms with E-state index in [0.29, 0.717) is 0 Å². The highest BCUT2D eigenvalue weighted by atomic mass is 15.6. The van der Waals surface area contributed by atoms with E-state index in [1.54, 1.807) is 4.80 Å². The summed E-state index contributed by atoms with van der Waals surface area (Å²) in [6, 6.07) is 0. The number of nitrogens with zero attached hydrogens (tertiary/aromatic N) is 5. The van der Waals surface area contributed by atoms with Crippen LogP contribution in [0.15, 0.2) is 0 Å². The third kappa shape index (κ3) is 3.41. The molecule has 0 atom stereocenters. The maximum atomic E-state index is 4.14. The number of hydrogen-bond acceptors (Lipinski definition) is 4. The van der Waals surface area contributed by atoms with Crippen LogP contribution in [0.1, 0.15) is 26.1 Å². The van der Waals surface area contributed by atoms with Gasteiger partial charge in [0, 0.05) is 0 Å². The van der Waals surface area contributed by atoms with Gasteiger partial charge in [-0.25, -0.2) is 0 Å². The molecule has 5 heteroatoms. The van der Waals surface area contributed by atoms with Gasteiger partial charge in [0.25, 0.3) is 0 Å². The van der Waals surface area contributed by atoms with Crippen molar-refractivity contribution in [3.63, 3.8) is 0 Å². The van der Waals surface area contributed by atoms with E-state index in [0.717, 1.165) is 38.4 Å². The fourth-order valence-electron chi connectivity index (χ4n) is 1.39. The van der Waals surface area contributed by atoms with Crippen LogP contribution in [0.25, 0.3) is 0 Å². The van der Waals surface area contributed by atoms with Crippen molar-refractivity contribution in [2.75, 3.05) is 19.6 Å². The number of hydrogen-bond donors (Lipinski definition) is 0. The zero-order valence-electron chi connectivity index (χ0n) is 9.27. The molecule has 0 unspecified atom stereocenters. The Balaban J connectivity index is 2.21. The van der Waals surface area contributed by atoms with Gasteiger partial charge in [-0.3, -0.25) is 0 Å². The largest absolute Gasteiger partial charge is 0.304 e. The molecule has 0 bridgehead atoms. The molecule has 0 fully saturated rings. The first kappa shape index (κ1) is 11.1. The highest BCUT2D eigenvalue weighted by Gasteiger charge is 2.00. The minimum absolute atomic E-state index is 0.743. The lowest BCUT2D eigenvalue weighted by Crippen LogP contribution is -2.25. The van der Waals surface area contributed by atoms with Gasteiger partial charge in [-0.1, -0.05) is 13.8 Å². The molecule has 0 saturated heterocycles. The quantitative estimate of drug-likeness (QED) is 0.674. The second-order valence-electron chi connectivity index (χ2n) is 3.31. The van der Waals surface area contributed by atoms with Crippen LogP contribution in [-0.2, 0) is 6.54 Å². The van der Waals surface area contributed by atoms with Gasteiger partial charge < -0.3 is 4.90 Å². The summed E-state index contributed by atoms with van der Waals surface area (Å²) in [4.78, 5) is 4.06. The lowest BCUT2D eigenvalue weighted by molar-refractivity contribution is 0.287. The molecule has 5 nitrogen and oxygen atoms in total. The Labute approximate surface area is 85.1 Å². The van der Waals surface area contributed by atoms with Crippen molar-refractivity contribution >= 4 is 0 Å². The van der Waals surface area contributed by atoms with Crippen molar-refractivity contribution in [1.82, 2.24) is 25.1 Å². The van der Waals surface area contributed by atoms with Crippen LogP contribution in [0.3, 0.4) is 0 Å². The summed E-state index contributed by atoms with van der Waals surface area (Å²) in [5, 5.41) is 11.9. The van der Waals surface area contributed by atoms with E-state index < -0.39 is 0 Å². The summed E-state index contributed by atoms with van der Waals surface area (Å²) in [5.41, 5.74) is 0. The minimum atomic E-state index is 0.743. The summed E-state index contributed by atoms with van der Waals surface area (Å²) >= 11 is 0. The Bertz CT molecular complexity index is 253. The molecule has 1 heterocycles. The van der Waals surface area contributed by atoms with Crippen molar-refractivity contribution < 1.29 is 0 Å². The molecule has 0 spiro atoms. The van der Waals surface area contributed by atoms with Crippen molar-refractivity contribution in [3.05, 3.63) is 5.82 Å². The lowest BCUT2D eigenvalue weighted by atomic mass is 10.4. The number of aryl methyl sites for hydroxylation is 2. The predicted octanol–water partition coefficient (Wildman–Crippen LogP) is 0.713. The smallest absolute Gasteiger partial charge is 0.171 e. The Morgan fingerprint density at radius 1 is 1.29 bits per heavy atom. The average molecular weight is 197 g/mol. The minimum Gasteiger partial charge on any atom is -0.304 e. The zero-order chi connectivity index (χ0) is 10.4. The summed E-state index contributed by atoms with van der Waals surface area (Å²) < 4.78 is 0. The van der Waals surface area contributed by atoms with Crippen LogP contribution in [0.2, 0.25) is 0 Å². The van der Waals surface area contributed by atoms with Crippen molar-refractivity contribution in [3.8, 4) is 0 Å². The fourth-order valence-corrected chi connectivity index (χ4v) is 1.39. The molecule has 0 N–H and O–H groups in total. The summed E-state index contributed by atoms with van der Waals surface area (Å²) in [6.07, 6.45) is 1.08. The van der Waals surface area contributed by atoms with E-state index in [4.69, 9.17) is 0 Å². The first-order valence-electron chi connectivity index (χ1n) is 5.23. The molecule has 0 radical (unpaired) electrons. The van der Waals surface area contributed by atoms with Crippen molar-refractivity contribution in [1.29, 1.82) is 0 Å². The molecule has 14 heavy (non-hydrogen) atoms. The molecule has 1 aromatic rings. The first-order chi connectivity index (χ1) is 6.76. The highest BCUT2D eigenvalue weighted by molar-refractivity contribution is 4.66. The van der Waals surface area contributed by atoms with Crippen LogP contribution in [0.5, 0.6) is 0 Å². The van der Waals surface area contributed by atoms with Crippen LogP contribution in [0, 0.1) is 6.92 Å². The third-order valence-electron chi connectivity index (χ3n) is 2.28. The highest BCUT2D eigenvalue weighted by Crippen LogP contribution is 1.93. The van der Waals surface area contributed by atoms with Gasteiger partial charge in [0.2, 0.25) is 0 Å². The molecule has 0 amide bonds. The van der Waals surface area contributed by atoms with E-state index in [-0.39, 0.29) is 0 Å². The maximum Gasteiger partial charge on any atom is 0.171 e. The molecular formula is C9H19N5. The molecule has 1 aromatic heterocycles. The number of tetrazole rings is 1. The lowest BCUT2D eigenvalue weighted by Gasteiger charge is -2.16. The van der Waals surface area contributed by atoms with Crippen molar-refractivity contribution in [2.24, 2.45) is 0 Å². The van der Waals surface area contributed by atoms with Gasteiger partial charge >= 0.3 is 0 Å². The fraction of sp³-hybridized carbons (Fsp3) is 0.889. The van der Waals surface area contributed by atoms with E-state index in [9.17, 15) is 0 Å². The molecular weight excluding hydrogens is 178 g/mol. The van der Waals surface area contributed by atoms with Gasteiger partial charge in [-0.2, -0.15) is 4.80 Å². The Morgan fingerprint density at radius 2 is 2.00 bits per heavy atom. The number of rotatable bonds is 6. The summed E-state index contributed by atoms with van der Waals surface area (Å²) in [7, 11) is 0. The monoisotopic (exact) mass is 197 g/mol. The normalized spacial score (nSPS) is 11.1.